The maximum Gasteiger partial charge on any atom is 0.293 e. The number of hydrogen-bond donors (Lipinski definition) is 2. The first-order valence-electron chi connectivity index (χ1n) is 8.59. The largest absolute Gasteiger partial charge is 0.366 e. The first-order valence-corrected chi connectivity index (χ1v) is 8.59. The third kappa shape index (κ3) is 4.07. The summed E-state index contributed by atoms with van der Waals surface area (Å²) in [5.41, 5.74) is 5.27. The van der Waals surface area contributed by atoms with Gasteiger partial charge in [-0.05, 0) is 43.7 Å². The van der Waals surface area contributed by atoms with E-state index in [-0.39, 0.29) is 23.1 Å². The molecule has 2 fully saturated rings. The number of nitro groups is 1. The summed E-state index contributed by atoms with van der Waals surface area (Å²) in [6.45, 7) is 3.67. The van der Waals surface area contributed by atoms with Crippen LogP contribution in [0.3, 0.4) is 0 Å². The van der Waals surface area contributed by atoms with Gasteiger partial charge in [-0.2, -0.15) is 0 Å². The average Bonchev–Trinajstić information content (AvgIpc) is 3.44. The normalized spacial score (nSPS) is 20.0. The van der Waals surface area contributed by atoms with Gasteiger partial charge in [0.15, 0.2) is 0 Å². The van der Waals surface area contributed by atoms with Crippen LogP contribution in [0.5, 0.6) is 0 Å². The van der Waals surface area contributed by atoms with E-state index in [1.54, 1.807) is 12.1 Å². The molecule has 1 heterocycles. The van der Waals surface area contributed by atoms with Gasteiger partial charge >= 0.3 is 0 Å². The van der Waals surface area contributed by atoms with Crippen LogP contribution in [0.2, 0.25) is 0 Å². The van der Waals surface area contributed by atoms with Crippen molar-refractivity contribution in [2.75, 3.05) is 18.0 Å². The molecule has 134 valence electrons. The lowest BCUT2D eigenvalue weighted by Gasteiger charge is -2.32. The van der Waals surface area contributed by atoms with E-state index in [0.717, 1.165) is 38.8 Å². The van der Waals surface area contributed by atoms with Gasteiger partial charge in [0.1, 0.15) is 5.69 Å². The molecule has 2 amide bonds. The molecule has 1 aliphatic carbocycles. The Bertz CT molecular complexity index is 702. The zero-order chi connectivity index (χ0) is 18.0. The highest BCUT2D eigenvalue weighted by Gasteiger charge is 2.30. The Morgan fingerprint density at radius 2 is 2.00 bits per heavy atom. The zero-order valence-electron chi connectivity index (χ0n) is 14.2. The molecule has 0 radical (unpaired) electrons. The number of carbonyl (C=O) groups is 2. The van der Waals surface area contributed by atoms with Gasteiger partial charge in [0.2, 0.25) is 5.91 Å². The Labute approximate surface area is 145 Å². The molecular formula is C17H22N4O4. The number of carbonyl (C=O) groups excluding carboxylic acids is 2. The summed E-state index contributed by atoms with van der Waals surface area (Å²) >= 11 is 0. The molecule has 1 aromatic carbocycles. The quantitative estimate of drug-likeness (QED) is 0.641. The first kappa shape index (κ1) is 17.2. The molecule has 1 saturated heterocycles. The van der Waals surface area contributed by atoms with Crippen molar-refractivity contribution in [2.45, 2.75) is 32.6 Å². The topological polar surface area (TPSA) is 105 Å². The molecule has 1 saturated carbocycles. The second-order valence-corrected chi connectivity index (χ2v) is 6.87. The molecule has 8 heteroatoms. The lowest BCUT2D eigenvalue weighted by Crippen LogP contribution is -2.42. The summed E-state index contributed by atoms with van der Waals surface area (Å²) in [6.07, 6.45) is 3.77. The third-order valence-corrected chi connectivity index (χ3v) is 4.68. The Kier molecular flexibility index (Phi) is 4.87. The summed E-state index contributed by atoms with van der Waals surface area (Å²) in [4.78, 5) is 36.7. The minimum absolute atomic E-state index is 0.0295. The minimum Gasteiger partial charge on any atom is -0.366 e. The van der Waals surface area contributed by atoms with Crippen LogP contribution in [-0.2, 0) is 4.79 Å². The van der Waals surface area contributed by atoms with E-state index < -0.39 is 10.8 Å². The van der Waals surface area contributed by atoms with Crippen molar-refractivity contribution < 1.29 is 14.5 Å². The number of nitrogens with one attached hydrogen (secondary N) is 2. The van der Waals surface area contributed by atoms with Gasteiger partial charge < -0.3 is 4.90 Å². The smallest absolute Gasteiger partial charge is 0.293 e. The van der Waals surface area contributed by atoms with E-state index in [0.29, 0.717) is 11.6 Å². The van der Waals surface area contributed by atoms with Gasteiger partial charge in [0, 0.05) is 30.6 Å². The zero-order valence-corrected chi connectivity index (χ0v) is 14.2. The maximum absolute atomic E-state index is 12.1. The minimum atomic E-state index is -0.560. The van der Waals surface area contributed by atoms with Gasteiger partial charge in [-0.3, -0.25) is 30.6 Å². The SMILES string of the molecule is C[C@H]1CCCN(c2ccc(C(=O)NNC(=O)C3CC3)cc2[N+](=O)[O-])C1. The van der Waals surface area contributed by atoms with Crippen LogP contribution < -0.4 is 15.8 Å². The van der Waals surface area contributed by atoms with Gasteiger partial charge in [-0.1, -0.05) is 6.92 Å². The molecule has 1 aliphatic heterocycles. The predicted octanol–water partition coefficient (Wildman–Crippen LogP) is 2.00. The van der Waals surface area contributed by atoms with Crippen molar-refractivity contribution in [1.82, 2.24) is 10.9 Å². The number of amides is 2. The van der Waals surface area contributed by atoms with Crippen molar-refractivity contribution in [3.05, 3.63) is 33.9 Å². The fourth-order valence-electron chi connectivity index (χ4n) is 3.12. The molecular weight excluding hydrogens is 324 g/mol. The number of anilines is 1. The van der Waals surface area contributed by atoms with Crippen molar-refractivity contribution in [3.63, 3.8) is 0 Å². The van der Waals surface area contributed by atoms with E-state index in [2.05, 4.69) is 17.8 Å². The van der Waals surface area contributed by atoms with E-state index in [4.69, 9.17) is 0 Å². The summed E-state index contributed by atoms with van der Waals surface area (Å²) in [5.74, 6) is -0.329. The van der Waals surface area contributed by atoms with Gasteiger partial charge in [0.05, 0.1) is 4.92 Å². The second-order valence-electron chi connectivity index (χ2n) is 6.87. The van der Waals surface area contributed by atoms with Gasteiger partial charge in [-0.15, -0.1) is 0 Å². The number of benzene rings is 1. The fraction of sp³-hybridized carbons (Fsp3) is 0.529. The van der Waals surface area contributed by atoms with Crippen LogP contribution in [0, 0.1) is 22.0 Å². The first-order chi connectivity index (χ1) is 12.0. The summed E-state index contributed by atoms with van der Waals surface area (Å²) in [6, 6.07) is 4.45. The molecule has 2 aliphatic rings. The highest BCUT2D eigenvalue weighted by molar-refractivity contribution is 5.97. The Morgan fingerprint density at radius 3 is 2.64 bits per heavy atom. The summed E-state index contributed by atoms with van der Waals surface area (Å²) in [5, 5.41) is 11.5. The van der Waals surface area contributed by atoms with E-state index in [1.807, 2.05) is 4.90 Å². The lowest BCUT2D eigenvalue weighted by molar-refractivity contribution is -0.384. The van der Waals surface area contributed by atoms with Crippen molar-refractivity contribution in [2.24, 2.45) is 11.8 Å². The van der Waals surface area contributed by atoms with E-state index in [9.17, 15) is 19.7 Å². The Balaban J connectivity index is 1.74. The summed E-state index contributed by atoms with van der Waals surface area (Å²) in [7, 11) is 0. The number of nitrogens with zero attached hydrogens (tertiary/aromatic N) is 2. The number of hydrazine groups is 1. The molecule has 0 bridgehead atoms. The van der Waals surface area contributed by atoms with E-state index >= 15 is 0 Å². The van der Waals surface area contributed by atoms with Crippen molar-refractivity contribution in [1.29, 1.82) is 0 Å². The van der Waals surface area contributed by atoms with E-state index in [1.165, 1.54) is 6.07 Å². The molecule has 0 unspecified atom stereocenters. The van der Waals surface area contributed by atoms with Crippen LogP contribution in [0.1, 0.15) is 43.0 Å². The molecule has 1 aromatic rings. The van der Waals surface area contributed by atoms with Crippen LogP contribution >= 0.6 is 0 Å². The highest BCUT2D eigenvalue weighted by atomic mass is 16.6. The molecule has 0 aromatic heterocycles. The number of nitro benzene ring substituents is 1. The molecule has 3 rings (SSSR count). The number of hydrogen-bond acceptors (Lipinski definition) is 5. The predicted molar refractivity (Wildman–Crippen MR) is 92.0 cm³/mol. The Morgan fingerprint density at radius 1 is 1.24 bits per heavy atom. The molecule has 0 spiro atoms. The van der Waals surface area contributed by atoms with Gasteiger partial charge in [-0.25, -0.2) is 0 Å². The molecule has 25 heavy (non-hydrogen) atoms. The Hall–Kier alpha value is -2.64. The van der Waals surface area contributed by atoms with Crippen LogP contribution in [-0.4, -0.2) is 29.8 Å². The number of piperidine rings is 1. The maximum atomic E-state index is 12.1. The standard InChI is InChI=1S/C17H22N4O4/c1-11-3-2-8-20(10-11)14-7-6-13(9-15(14)21(24)25)17(23)19-18-16(22)12-4-5-12/h6-7,9,11-12H,2-5,8,10H2,1H3,(H,18,22)(H,19,23)/t11-/m0/s1. The van der Waals surface area contributed by atoms with Crippen molar-refractivity contribution in [3.8, 4) is 0 Å². The van der Waals surface area contributed by atoms with Crippen LogP contribution in [0.4, 0.5) is 11.4 Å². The van der Waals surface area contributed by atoms with Crippen LogP contribution in [0.15, 0.2) is 18.2 Å². The van der Waals surface area contributed by atoms with Gasteiger partial charge in [0.25, 0.3) is 11.6 Å². The third-order valence-electron chi connectivity index (χ3n) is 4.68. The molecule has 1 atom stereocenters. The summed E-state index contributed by atoms with van der Waals surface area (Å²) < 4.78 is 0. The fourth-order valence-corrected chi connectivity index (χ4v) is 3.12. The average molecular weight is 346 g/mol. The lowest BCUT2D eigenvalue weighted by atomic mass is 9.99. The van der Waals surface area contributed by atoms with Crippen LogP contribution in [0.25, 0.3) is 0 Å². The highest BCUT2D eigenvalue weighted by Crippen LogP contribution is 2.32. The second kappa shape index (κ2) is 7.08. The van der Waals surface area contributed by atoms with Crippen molar-refractivity contribution >= 4 is 23.2 Å². The molecule has 8 nitrogen and oxygen atoms in total. The number of rotatable bonds is 4. The monoisotopic (exact) mass is 346 g/mol. The molecule has 2 N–H and O–H groups in total.